The maximum atomic E-state index is 12.3. The zero-order chi connectivity index (χ0) is 16.8. The van der Waals surface area contributed by atoms with Crippen LogP contribution in [-0.2, 0) is 6.54 Å². The van der Waals surface area contributed by atoms with Crippen molar-refractivity contribution in [3.63, 3.8) is 0 Å². The fourth-order valence-electron chi connectivity index (χ4n) is 2.68. The highest BCUT2D eigenvalue weighted by Crippen LogP contribution is 2.18. The number of nitrogens with two attached hydrogens (primary N) is 1. The van der Waals surface area contributed by atoms with Gasteiger partial charge in [0.2, 0.25) is 0 Å². The lowest BCUT2D eigenvalue weighted by molar-refractivity contribution is 0.700. The van der Waals surface area contributed by atoms with Crippen LogP contribution < -0.4 is 21.9 Å². The summed E-state index contributed by atoms with van der Waals surface area (Å²) in [5.41, 5.74) is 6.65. The molecule has 0 fully saturated rings. The zero-order valence-corrected chi connectivity index (χ0v) is 13.7. The van der Waals surface area contributed by atoms with Gasteiger partial charge >= 0.3 is 5.69 Å². The summed E-state index contributed by atoms with van der Waals surface area (Å²) < 4.78 is 1.42. The number of hydrogen-bond donors (Lipinski definition) is 2. The third-order valence-electron chi connectivity index (χ3n) is 3.70. The van der Waals surface area contributed by atoms with Gasteiger partial charge in [0, 0.05) is 13.1 Å². The van der Waals surface area contributed by atoms with Gasteiger partial charge in [-0.2, -0.15) is 0 Å². The van der Waals surface area contributed by atoms with Crippen molar-refractivity contribution in [3.8, 4) is 0 Å². The van der Waals surface area contributed by atoms with Gasteiger partial charge in [-0.3, -0.25) is 14.3 Å². The predicted octanol–water partition coefficient (Wildman–Crippen LogP) is 1.79. The fraction of sp³-hybridized carbons (Fsp3) is 0.412. The van der Waals surface area contributed by atoms with Crippen LogP contribution >= 0.6 is 0 Å². The average Bonchev–Trinajstić information content (AvgIpc) is 2.53. The van der Waals surface area contributed by atoms with Gasteiger partial charge in [-0.25, -0.2) is 4.79 Å². The van der Waals surface area contributed by atoms with E-state index in [0.29, 0.717) is 12.2 Å². The minimum Gasteiger partial charge on any atom is -0.383 e. The summed E-state index contributed by atoms with van der Waals surface area (Å²) in [5, 5.41) is 0. The minimum atomic E-state index is -0.479. The van der Waals surface area contributed by atoms with E-state index in [2.05, 4.69) is 4.98 Å². The summed E-state index contributed by atoms with van der Waals surface area (Å²) in [7, 11) is 0. The lowest BCUT2D eigenvalue weighted by Crippen LogP contribution is -2.39. The quantitative estimate of drug-likeness (QED) is 0.815. The van der Waals surface area contributed by atoms with E-state index in [9.17, 15) is 9.59 Å². The van der Waals surface area contributed by atoms with Crippen molar-refractivity contribution in [2.75, 3.05) is 23.7 Å². The number of aromatic amines is 1. The number of rotatable bonds is 7. The molecular formula is C17H24N4O2. The molecule has 3 N–H and O–H groups in total. The van der Waals surface area contributed by atoms with Gasteiger partial charge in [0.25, 0.3) is 5.56 Å². The molecule has 124 valence electrons. The van der Waals surface area contributed by atoms with Gasteiger partial charge in [0.05, 0.1) is 6.54 Å². The molecule has 23 heavy (non-hydrogen) atoms. The topological polar surface area (TPSA) is 84.1 Å². The normalized spacial score (nSPS) is 10.7. The molecule has 0 radical (unpaired) electrons. The number of hydrogen-bond acceptors (Lipinski definition) is 4. The summed E-state index contributed by atoms with van der Waals surface area (Å²) in [5.74, 6) is 0.226. The highest BCUT2D eigenvalue weighted by Gasteiger charge is 2.17. The number of aromatic nitrogens is 2. The summed E-state index contributed by atoms with van der Waals surface area (Å²) in [6.07, 6.45) is 1.80. The van der Waals surface area contributed by atoms with Crippen molar-refractivity contribution in [1.82, 2.24) is 9.55 Å². The van der Waals surface area contributed by atoms with E-state index in [-0.39, 0.29) is 5.82 Å². The summed E-state index contributed by atoms with van der Waals surface area (Å²) in [6, 6.07) is 9.57. The third-order valence-corrected chi connectivity index (χ3v) is 3.70. The molecule has 0 atom stereocenters. The van der Waals surface area contributed by atoms with Gasteiger partial charge in [0.15, 0.2) is 0 Å². The molecule has 0 bridgehead atoms. The predicted molar refractivity (Wildman–Crippen MR) is 94.1 cm³/mol. The molecule has 2 aromatic rings. The van der Waals surface area contributed by atoms with Crippen molar-refractivity contribution in [2.24, 2.45) is 0 Å². The van der Waals surface area contributed by atoms with E-state index in [1.807, 2.05) is 49.1 Å². The first-order valence-corrected chi connectivity index (χ1v) is 7.99. The third kappa shape index (κ3) is 3.83. The number of nitrogens with one attached hydrogen (secondary N) is 1. The Balaban J connectivity index is 2.50. The number of H-pyrrole nitrogens is 1. The number of anilines is 2. The highest BCUT2D eigenvalue weighted by molar-refractivity contribution is 5.62. The Labute approximate surface area is 135 Å². The van der Waals surface area contributed by atoms with Gasteiger partial charge in [-0.1, -0.05) is 44.2 Å². The monoisotopic (exact) mass is 316 g/mol. The standard InChI is InChI=1S/C17H24N4O2/c1-3-10-20(11-4-2)14-15(18)21(17(23)19-16(14)22)12-13-8-6-5-7-9-13/h5-9H,3-4,10-12,18H2,1-2H3,(H,19,22,23). The Bertz CT molecular complexity index is 743. The van der Waals surface area contributed by atoms with Gasteiger partial charge < -0.3 is 10.6 Å². The molecule has 0 saturated heterocycles. The molecule has 1 aromatic heterocycles. The molecule has 1 heterocycles. The molecule has 6 heteroatoms. The lowest BCUT2D eigenvalue weighted by atomic mass is 10.2. The van der Waals surface area contributed by atoms with Crippen LogP contribution in [0.3, 0.4) is 0 Å². The number of nitrogen functional groups attached to an aromatic ring is 1. The second kappa shape index (κ2) is 7.67. The van der Waals surface area contributed by atoms with Crippen LogP contribution in [-0.4, -0.2) is 22.6 Å². The first kappa shape index (κ1) is 16.9. The molecule has 0 aliphatic carbocycles. The first-order chi connectivity index (χ1) is 11.1. The Morgan fingerprint density at radius 3 is 2.26 bits per heavy atom. The molecule has 0 spiro atoms. The van der Waals surface area contributed by atoms with Crippen molar-refractivity contribution >= 4 is 11.5 Å². The average molecular weight is 316 g/mol. The summed E-state index contributed by atoms with van der Waals surface area (Å²) in [6.45, 7) is 5.89. The Morgan fingerprint density at radius 1 is 1.09 bits per heavy atom. The van der Waals surface area contributed by atoms with Crippen LogP contribution in [0.5, 0.6) is 0 Å². The molecule has 2 rings (SSSR count). The molecule has 6 nitrogen and oxygen atoms in total. The lowest BCUT2D eigenvalue weighted by Gasteiger charge is -2.25. The van der Waals surface area contributed by atoms with Crippen molar-refractivity contribution in [2.45, 2.75) is 33.2 Å². The molecule has 0 saturated carbocycles. The zero-order valence-electron chi connectivity index (χ0n) is 13.7. The van der Waals surface area contributed by atoms with Crippen LogP contribution in [0.15, 0.2) is 39.9 Å². The fourth-order valence-corrected chi connectivity index (χ4v) is 2.68. The van der Waals surface area contributed by atoms with Crippen LogP contribution in [0.1, 0.15) is 32.3 Å². The summed E-state index contributed by atoms with van der Waals surface area (Å²) in [4.78, 5) is 28.8. The Morgan fingerprint density at radius 2 is 1.70 bits per heavy atom. The van der Waals surface area contributed by atoms with Crippen molar-refractivity contribution < 1.29 is 0 Å². The van der Waals surface area contributed by atoms with Gasteiger partial charge in [-0.05, 0) is 18.4 Å². The van der Waals surface area contributed by atoms with Crippen LogP contribution in [0.4, 0.5) is 11.5 Å². The molecule has 1 aromatic carbocycles. The SMILES string of the molecule is CCCN(CCC)c1c(N)n(Cc2ccccc2)c(=O)[nH]c1=O. The maximum absolute atomic E-state index is 12.3. The van der Waals surface area contributed by atoms with Gasteiger partial charge in [0.1, 0.15) is 11.5 Å². The summed E-state index contributed by atoms with van der Waals surface area (Å²) >= 11 is 0. The molecule has 0 aliphatic rings. The highest BCUT2D eigenvalue weighted by atomic mass is 16.2. The maximum Gasteiger partial charge on any atom is 0.330 e. The molecule has 0 unspecified atom stereocenters. The first-order valence-electron chi connectivity index (χ1n) is 7.99. The van der Waals surface area contributed by atoms with Crippen LogP contribution in [0, 0.1) is 0 Å². The molecular weight excluding hydrogens is 292 g/mol. The van der Waals surface area contributed by atoms with E-state index in [0.717, 1.165) is 31.5 Å². The second-order valence-electron chi connectivity index (χ2n) is 5.55. The largest absolute Gasteiger partial charge is 0.383 e. The van der Waals surface area contributed by atoms with Crippen molar-refractivity contribution in [1.29, 1.82) is 0 Å². The minimum absolute atomic E-state index is 0.226. The van der Waals surface area contributed by atoms with Crippen molar-refractivity contribution in [3.05, 3.63) is 56.7 Å². The number of benzene rings is 1. The van der Waals surface area contributed by atoms with E-state index >= 15 is 0 Å². The van der Waals surface area contributed by atoms with Crippen LogP contribution in [0.25, 0.3) is 0 Å². The van der Waals surface area contributed by atoms with E-state index in [1.165, 1.54) is 4.57 Å². The number of nitrogens with zero attached hydrogens (tertiary/aromatic N) is 2. The molecule has 0 amide bonds. The van der Waals surface area contributed by atoms with E-state index in [4.69, 9.17) is 5.73 Å². The van der Waals surface area contributed by atoms with E-state index < -0.39 is 11.2 Å². The van der Waals surface area contributed by atoms with E-state index in [1.54, 1.807) is 0 Å². The smallest absolute Gasteiger partial charge is 0.330 e. The Hall–Kier alpha value is -2.50. The van der Waals surface area contributed by atoms with Gasteiger partial charge in [-0.15, -0.1) is 0 Å². The molecule has 0 aliphatic heterocycles. The second-order valence-corrected chi connectivity index (χ2v) is 5.55. The van der Waals surface area contributed by atoms with Crippen LogP contribution in [0.2, 0.25) is 0 Å². The Kier molecular flexibility index (Phi) is 5.62.